The van der Waals surface area contributed by atoms with Crippen LogP contribution in [0.2, 0.25) is 0 Å². The number of allylic oxidation sites excluding steroid dienone is 7. The zero-order chi connectivity index (χ0) is 15.2. The van der Waals surface area contributed by atoms with Crippen molar-refractivity contribution >= 4 is 0 Å². The molecule has 0 saturated heterocycles. The number of hydrogen-bond acceptors (Lipinski definition) is 0. The van der Waals surface area contributed by atoms with Crippen molar-refractivity contribution in [2.45, 2.75) is 73.1 Å². The first kappa shape index (κ1) is 17.0. The Morgan fingerprint density at radius 1 is 1.25 bits per heavy atom. The molecular weight excluding hydrogens is 240 g/mol. The van der Waals surface area contributed by atoms with Crippen molar-refractivity contribution in [1.29, 1.82) is 0 Å². The van der Waals surface area contributed by atoms with E-state index in [1.807, 2.05) is 6.08 Å². The first-order valence-electron chi connectivity index (χ1n) is 8.00. The van der Waals surface area contributed by atoms with Crippen molar-refractivity contribution in [2.75, 3.05) is 0 Å². The van der Waals surface area contributed by atoms with Crippen LogP contribution in [-0.4, -0.2) is 0 Å². The van der Waals surface area contributed by atoms with Crippen molar-refractivity contribution in [3.05, 3.63) is 47.1 Å². The molecule has 0 bridgehead atoms. The van der Waals surface area contributed by atoms with Crippen molar-refractivity contribution in [3.63, 3.8) is 0 Å². The minimum atomic E-state index is 0.419. The summed E-state index contributed by atoms with van der Waals surface area (Å²) in [4.78, 5) is 0. The summed E-state index contributed by atoms with van der Waals surface area (Å²) in [5, 5.41) is 0. The van der Waals surface area contributed by atoms with Gasteiger partial charge in [-0.1, -0.05) is 60.9 Å². The fourth-order valence-corrected chi connectivity index (χ4v) is 3.18. The molecule has 0 heterocycles. The highest BCUT2D eigenvalue weighted by Crippen LogP contribution is 2.42. The molecular formula is C20H32. The second kappa shape index (κ2) is 7.67. The van der Waals surface area contributed by atoms with Gasteiger partial charge in [0.2, 0.25) is 0 Å². The fourth-order valence-electron chi connectivity index (χ4n) is 3.18. The third-order valence-electron chi connectivity index (χ3n) is 4.68. The Balaban J connectivity index is 2.58. The quantitative estimate of drug-likeness (QED) is 0.370. The van der Waals surface area contributed by atoms with Crippen LogP contribution in [-0.2, 0) is 0 Å². The lowest BCUT2D eigenvalue weighted by molar-refractivity contribution is 0.354. The molecule has 0 aromatic rings. The van der Waals surface area contributed by atoms with E-state index < -0.39 is 0 Å². The van der Waals surface area contributed by atoms with E-state index in [0.717, 1.165) is 6.42 Å². The number of rotatable bonds is 6. The molecule has 0 nitrogen and oxygen atoms in total. The summed E-state index contributed by atoms with van der Waals surface area (Å²) >= 11 is 0. The molecule has 0 heteroatoms. The van der Waals surface area contributed by atoms with Gasteiger partial charge in [-0.25, -0.2) is 0 Å². The highest BCUT2D eigenvalue weighted by molar-refractivity contribution is 5.23. The molecule has 0 aliphatic heterocycles. The molecule has 1 aliphatic rings. The van der Waals surface area contributed by atoms with E-state index in [9.17, 15) is 0 Å². The molecule has 0 aromatic carbocycles. The van der Waals surface area contributed by atoms with Gasteiger partial charge >= 0.3 is 0 Å². The molecule has 0 amide bonds. The van der Waals surface area contributed by atoms with E-state index in [1.54, 1.807) is 11.1 Å². The van der Waals surface area contributed by atoms with Crippen LogP contribution in [0.1, 0.15) is 73.1 Å². The Labute approximate surface area is 126 Å². The minimum Gasteiger partial charge on any atom is -0.0988 e. The molecule has 0 unspecified atom stereocenters. The smallest absolute Gasteiger partial charge is 0.0142 e. The van der Waals surface area contributed by atoms with E-state index in [4.69, 9.17) is 0 Å². The first-order chi connectivity index (χ1) is 9.36. The van der Waals surface area contributed by atoms with Crippen LogP contribution in [0.4, 0.5) is 0 Å². The Morgan fingerprint density at radius 2 is 1.95 bits per heavy atom. The highest BCUT2D eigenvalue weighted by Gasteiger charge is 2.27. The van der Waals surface area contributed by atoms with Gasteiger partial charge in [0.1, 0.15) is 0 Å². The summed E-state index contributed by atoms with van der Waals surface area (Å²) in [5.41, 5.74) is 6.56. The summed E-state index contributed by atoms with van der Waals surface area (Å²) in [5.74, 6) is 0. The van der Waals surface area contributed by atoms with Crippen LogP contribution in [0.25, 0.3) is 0 Å². The summed E-state index contributed by atoms with van der Waals surface area (Å²) in [7, 11) is 0. The van der Waals surface area contributed by atoms with Crippen LogP contribution >= 0.6 is 0 Å². The van der Waals surface area contributed by atoms with Gasteiger partial charge in [-0.3, -0.25) is 0 Å². The monoisotopic (exact) mass is 272 g/mol. The van der Waals surface area contributed by atoms with Gasteiger partial charge in [-0.2, -0.15) is 0 Å². The molecule has 0 atom stereocenters. The Morgan fingerprint density at radius 3 is 2.55 bits per heavy atom. The summed E-state index contributed by atoms with van der Waals surface area (Å²) < 4.78 is 0. The first-order valence-corrected chi connectivity index (χ1v) is 8.00. The lowest BCUT2D eigenvalue weighted by atomic mass is 9.71. The van der Waals surface area contributed by atoms with Gasteiger partial charge in [-0.15, -0.1) is 0 Å². The van der Waals surface area contributed by atoms with Gasteiger partial charge < -0.3 is 0 Å². The van der Waals surface area contributed by atoms with Gasteiger partial charge in [0, 0.05) is 0 Å². The average molecular weight is 272 g/mol. The van der Waals surface area contributed by atoms with Crippen LogP contribution in [0.15, 0.2) is 47.1 Å². The number of hydrogen-bond donors (Lipinski definition) is 0. The molecule has 1 aliphatic carbocycles. The summed E-state index contributed by atoms with van der Waals surface area (Å²) in [6.07, 6.45) is 14.0. The Bertz CT molecular complexity index is 427. The molecule has 0 spiro atoms. The lowest BCUT2D eigenvalue weighted by Crippen LogP contribution is -2.20. The van der Waals surface area contributed by atoms with Crippen LogP contribution < -0.4 is 0 Å². The highest BCUT2D eigenvalue weighted by atomic mass is 14.3. The predicted octanol–water partition coefficient (Wildman–Crippen LogP) is 6.76. The third-order valence-corrected chi connectivity index (χ3v) is 4.68. The van der Waals surface area contributed by atoms with Gasteiger partial charge in [0.15, 0.2) is 0 Å². The Hall–Kier alpha value is -1.04. The molecule has 112 valence electrons. The normalized spacial score (nSPS) is 20.2. The maximum absolute atomic E-state index is 3.79. The van der Waals surface area contributed by atoms with Crippen LogP contribution in [0.5, 0.6) is 0 Å². The molecule has 0 aromatic heterocycles. The van der Waals surface area contributed by atoms with Gasteiger partial charge in [-0.05, 0) is 64.7 Å². The van der Waals surface area contributed by atoms with Crippen molar-refractivity contribution in [1.82, 2.24) is 0 Å². The van der Waals surface area contributed by atoms with E-state index in [2.05, 4.69) is 53.3 Å². The molecule has 0 fully saturated rings. The van der Waals surface area contributed by atoms with Crippen molar-refractivity contribution in [2.24, 2.45) is 5.41 Å². The van der Waals surface area contributed by atoms with E-state index in [0.29, 0.717) is 5.41 Å². The molecule has 0 saturated carbocycles. The summed E-state index contributed by atoms with van der Waals surface area (Å²) in [6.45, 7) is 15.3. The zero-order valence-electron chi connectivity index (χ0n) is 14.2. The second-order valence-corrected chi connectivity index (χ2v) is 6.93. The fraction of sp³-hybridized carbons (Fsp3) is 0.600. The largest absolute Gasteiger partial charge is 0.0988 e. The maximum atomic E-state index is 3.79. The van der Waals surface area contributed by atoms with Crippen molar-refractivity contribution in [3.8, 4) is 0 Å². The Kier molecular flexibility index (Phi) is 6.52. The molecule has 1 rings (SSSR count). The standard InChI is InChI=1S/C20H32/c1-7-16(2)10-8-11-17(3)13-14-19-18(4)12-9-15-20(19,5)6/h7,10-11H,1,8-9,12-15H2,2-6H3/b16-10+,17-11+. The summed E-state index contributed by atoms with van der Waals surface area (Å²) in [6, 6.07) is 0. The zero-order valence-corrected chi connectivity index (χ0v) is 14.2. The lowest BCUT2D eigenvalue weighted by Gasteiger charge is -2.34. The average Bonchev–Trinajstić information content (AvgIpc) is 2.37. The van der Waals surface area contributed by atoms with E-state index in [1.165, 1.54) is 43.3 Å². The molecule has 0 radical (unpaired) electrons. The van der Waals surface area contributed by atoms with Gasteiger partial charge in [0.25, 0.3) is 0 Å². The van der Waals surface area contributed by atoms with Gasteiger partial charge in [0.05, 0.1) is 0 Å². The van der Waals surface area contributed by atoms with Crippen molar-refractivity contribution < 1.29 is 0 Å². The molecule has 0 N–H and O–H groups in total. The predicted molar refractivity (Wildman–Crippen MR) is 91.9 cm³/mol. The minimum absolute atomic E-state index is 0.419. The topological polar surface area (TPSA) is 0 Å². The van der Waals surface area contributed by atoms with Crippen LogP contribution in [0, 0.1) is 5.41 Å². The molecule has 20 heavy (non-hydrogen) atoms. The van der Waals surface area contributed by atoms with E-state index in [-0.39, 0.29) is 0 Å². The SMILES string of the molecule is C=C/C(C)=C/C/C=C(\C)CCC1=C(C)CCCC1(C)C. The van der Waals surface area contributed by atoms with E-state index >= 15 is 0 Å². The second-order valence-electron chi connectivity index (χ2n) is 6.93. The third kappa shape index (κ3) is 5.15. The van der Waals surface area contributed by atoms with Crippen LogP contribution in [0.3, 0.4) is 0 Å². The maximum Gasteiger partial charge on any atom is -0.0142 e.